The van der Waals surface area contributed by atoms with Crippen LogP contribution in [0.4, 0.5) is 8.78 Å². The lowest BCUT2D eigenvalue weighted by atomic mass is 10.3. The Kier molecular flexibility index (Phi) is 3.22. The van der Waals surface area contributed by atoms with E-state index in [9.17, 15) is 8.78 Å². The normalized spacial score (nSPS) is 11.4. The molecule has 13 heavy (non-hydrogen) atoms. The van der Waals surface area contributed by atoms with Gasteiger partial charge in [0.2, 0.25) is 0 Å². The molecule has 1 aromatic rings. The second-order valence-corrected chi connectivity index (χ2v) is 3.32. The topological polar surface area (TPSA) is 35.2 Å². The molecule has 0 unspecified atom stereocenters. The molecule has 0 radical (unpaired) electrons. The molecule has 1 rings (SSSR count). The van der Waals surface area contributed by atoms with E-state index in [0.29, 0.717) is 4.47 Å². The van der Waals surface area contributed by atoms with E-state index >= 15 is 0 Å². The van der Waals surface area contributed by atoms with Crippen LogP contribution in [-0.4, -0.2) is 12.7 Å². The Hall–Kier alpha value is -0.680. The van der Waals surface area contributed by atoms with Crippen molar-refractivity contribution >= 4 is 15.9 Å². The van der Waals surface area contributed by atoms with Gasteiger partial charge in [0.25, 0.3) is 0 Å². The number of ether oxygens (including phenoxy) is 1. The van der Waals surface area contributed by atoms with Gasteiger partial charge in [0.05, 0.1) is 6.54 Å². The van der Waals surface area contributed by atoms with Crippen LogP contribution in [0.5, 0.6) is 5.75 Å². The minimum atomic E-state index is -3.30. The number of benzene rings is 1. The summed E-state index contributed by atoms with van der Waals surface area (Å²) < 4.78 is 30.2. The average molecular weight is 252 g/mol. The maximum atomic E-state index is 12.6. The largest absolute Gasteiger partial charge is 0.432 e. The van der Waals surface area contributed by atoms with Gasteiger partial charge in [0.1, 0.15) is 5.75 Å². The van der Waals surface area contributed by atoms with Crippen LogP contribution in [0.1, 0.15) is 0 Å². The first-order valence-electron chi connectivity index (χ1n) is 3.56. The zero-order valence-electron chi connectivity index (χ0n) is 6.64. The molecule has 2 N–H and O–H groups in total. The highest BCUT2D eigenvalue weighted by Gasteiger charge is 2.29. The Balaban J connectivity index is 2.74. The van der Waals surface area contributed by atoms with Gasteiger partial charge in [-0.1, -0.05) is 22.0 Å². The summed E-state index contributed by atoms with van der Waals surface area (Å²) in [6.07, 6.45) is -3.30. The molecule has 0 bridgehead atoms. The van der Waals surface area contributed by atoms with Gasteiger partial charge in [-0.25, -0.2) is 0 Å². The highest BCUT2D eigenvalue weighted by atomic mass is 79.9. The predicted molar refractivity (Wildman–Crippen MR) is 48.8 cm³/mol. The monoisotopic (exact) mass is 251 g/mol. The number of rotatable bonds is 3. The molecule has 0 aromatic heterocycles. The third-order valence-electron chi connectivity index (χ3n) is 1.30. The molecule has 0 aliphatic carbocycles. The van der Waals surface area contributed by atoms with Crippen molar-refractivity contribution in [2.45, 2.75) is 6.11 Å². The lowest BCUT2D eigenvalue weighted by Crippen LogP contribution is -2.34. The van der Waals surface area contributed by atoms with E-state index in [4.69, 9.17) is 5.73 Å². The number of nitrogens with two attached hydrogens (primary N) is 1. The van der Waals surface area contributed by atoms with E-state index in [1.54, 1.807) is 12.1 Å². The number of hydrogen-bond donors (Lipinski definition) is 1. The van der Waals surface area contributed by atoms with Crippen LogP contribution < -0.4 is 10.5 Å². The summed E-state index contributed by atoms with van der Waals surface area (Å²) in [6, 6.07) is 6.21. The molecular weight excluding hydrogens is 244 g/mol. The fourth-order valence-electron chi connectivity index (χ4n) is 0.745. The Bertz CT molecular complexity index is 293. The molecule has 5 heteroatoms. The summed E-state index contributed by atoms with van der Waals surface area (Å²) in [5.74, 6) is 0.0878. The summed E-state index contributed by atoms with van der Waals surface area (Å²) >= 11 is 3.14. The number of hydrogen-bond acceptors (Lipinski definition) is 2. The Labute approximate surface area is 82.8 Å². The van der Waals surface area contributed by atoms with Crippen LogP contribution >= 0.6 is 15.9 Å². The molecular formula is C8H8BrF2NO. The minimum absolute atomic E-state index is 0.0878. The van der Waals surface area contributed by atoms with Crippen molar-refractivity contribution in [2.75, 3.05) is 6.54 Å². The van der Waals surface area contributed by atoms with Crippen LogP contribution in [-0.2, 0) is 0 Å². The fourth-order valence-corrected chi connectivity index (χ4v) is 1.12. The van der Waals surface area contributed by atoms with E-state index in [1.165, 1.54) is 12.1 Å². The third-order valence-corrected chi connectivity index (χ3v) is 1.79. The molecule has 1 aromatic carbocycles. The standard InChI is InChI=1S/C8H8BrF2NO/c9-6-2-1-3-7(4-6)13-8(10,11)5-12/h1-4H,5,12H2. The van der Waals surface area contributed by atoms with Crippen molar-refractivity contribution in [1.29, 1.82) is 0 Å². The molecule has 72 valence electrons. The smallest absolute Gasteiger partial charge is 0.410 e. The fraction of sp³-hybridized carbons (Fsp3) is 0.250. The van der Waals surface area contributed by atoms with Crippen LogP contribution in [0.25, 0.3) is 0 Å². The van der Waals surface area contributed by atoms with E-state index in [1.807, 2.05) is 0 Å². The first-order chi connectivity index (χ1) is 6.03. The summed E-state index contributed by atoms with van der Waals surface area (Å²) in [7, 11) is 0. The zero-order valence-corrected chi connectivity index (χ0v) is 8.22. The second kappa shape index (κ2) is 4.02. The molecule has 0 saturated carbocycles. The van der Waals surface area contributed by atoms with Gasteiger partial charge in [-0.15, -0.1) is 0 Å². The van der Waals surface area contributed by atoms with Crippen LogP contribution in [0.3, 0.4) is 0 Å². The molecule has 0 aliphatic rings. The molecule has 2 nitrogen and oxygen atoms in total. The molecule has 0 fully saturated rings. The third kappa shape index (κ3) is 3.28. The van der Waals surface area contributed by atoms with Gasteiger partial charge < -0.3 is 10.5 Å². The Morgan fingerprint density at radius 1 is 1.46 bits per heavy atom. The summed E-state index contributed by atoms with van der Waals surface area (Å²) in [5, 5.41) is 0. The van der Waals surface area contributed by atoms with Crippen molar-refractivity contribution in [1.82, 2.24) is 0 Å². The maximum absolute atomic E-state index is 12.6. The van der Waals surface area contributed by atoms with Gasteiger partial charge >= 0.3 is 6.11 Å². The van der Waals surface area contributed by atoms with Crippen molar-refractivity contribution in [3.63, 3.8) is 0 Å². The highest BCUT2D eigenvalue weighted by molar-refractivity contribution is 9.10. The van der Waals surface area contributed by atoms with E-state index in [-0.39, 0.29) is 5.75 Å². The maximum Gasteiger partial charge on any atom is 0.410 e. The lowest BCUT2D eigenvalue weighted by molar-refractivity contribution is -0.166. The second-order valence-electron chi connectivity index (χ2n) is 2.40. The Morgan fingerprint density at radius 3 is 2.69 bits per heavy atom. The molecule has 0 saturated heterocycles. The summed E-state index contributed by atoms with van der Waals surface area (Å²) in [5.41, 5.74) is 4.81. The van der Waals surface area contributed by atoms with Crippen molar-refractivity contribution in [2.24, 2.45) is 5.73 Å². The highest BCUT2D eigenvalue weighted by Crippen LogP contribution is 2.23. The molecule has 0 spiro atoms. The van der Waals surface area contributed by atoms with Gasteiger partial charge in [-0.2, -0.15) is 8.78 Å². The van der Waals surface area contributed by atoms with Gasteiger partial charge in [-0.05, 0) is 18.2 Å². The minimum Gasteiger partial charge on any atom is -0.432 e. The van der Waals surface area contributed by atoms with Gasteiger partial charge in [0.15, 0.2) is 0 Å². The van der Waals surface area contributed by atoms with E-state index in [0.717, 1.165) is 0 Å². The van der Waals surface area contributed by atoms with Gasteiger partial charge in [0, 0.05) is 4.47 Å². The summed E-state index contributed by atoms with van der Waals surface area (Å²) in [6.45, 7) is -0.834. The molecule has 0 aliphatic heterocycles. The quantitative estimate of drug-likeness (QED) is 0.896. The predicted octanol–water partition coefficient (Wildman–Crippen LogP) is 2.38. The zero-order chi connectivity index (χ0) is 9.90. The first-order valence-corrected chi connectivity index (χ1v) is 4.35. The van der Waals surface area contributed by atoms with Crippen LogP contribution in [0.15, 0.2) is 28.7 Å². The molecule has 0 atom stereocenters. The molecule has 0 heterocycles. The summed E-state index contributed by atoms with van der Waals surface area (Å²) in [4.78, 5) is 0. The Morgan fingerprint density at radius 2 is 2.15 bits per heavy atom. The molecule has 0 amide bonds. The average Bonchev–Trinajstić information content (AvgIpc) is 2.03. The van der Waals surface area contributed by atoms with Crippen LogP contribution in [0, 0.1) is 0 Å². The van der Waals surface area contributed by atoms with Crippen LogP contribution in [0.2, 0.25) is 0 Å². The first kappa shape index (κ1) is 10.4. The van der Waals surface area contributed by atoms with E-state index < -0.39 is 12.7 Å². The lowest BCUT2D eigenvalue weighted by Gasteiger charge is -2.15. The number of halogens is 3. The van der Waals surface area contributed by atoms with Crippen molar-refractivity contribution in [3.05, 3.63) is 28.7 Å². The van der Waals surface area contributed by atoms with E-state index in [2.05, 4.69) is 20.7 Å². The SMILES string of the molecule is NCC(F)(F)Oc1cccc(Br)c1. The number of alkyl halides is 2. The van der Waals surface area contributed by atoms with Crippen molar-refractivity contribution < 1.29 is 13.5 Å². The van der Waals surface area contributed by atoms with Crippen molar-refractivity contribution in [3.8, 4) is 5.75 Å². The van der Waals surface area contributed by atoms with Gasteiger partial charge in [-0.3, -0.25) is 0 Å².